The van der Waals surface area contributed by atoms with Crippen molar-refractivity contribution in [2.75, 3.05) is 7.11 Å². The van der Waals surface area contributed by atoms with Gasteiger partial charge in [-0.15, -0.1) is 6.42 Å². The molecule has 0 spiro atoms. The quantitative estimate of drug-likeness (QED) is 0.575. The third-order valence-electron chi connectivity index (χ3n) is 9.03. The van der Waals surface area contributed by atoms with E-state index in [1.165, 1.54) is 25.7 Å². The van der Waals surface area contributed by atoms with Crippen LogP contribution in [0.5, 0.6) is 0 Å². The molecule has 0 heterocycles. The zero-order valence-electron chi connectivity index (χ0n) is 16.7. The van der Waals surface area contributed by atoms with Gasteiger partial charge in [0.2, 0.25) is 0 Å². The summed E-state index contributed by atoms with van der Waals surface area (Å²) in [6.45, 7) is 4.77. The van der Waals surface area contributed by atoms with Crippen LogP contribution in [-0.2, 0) is 0 Å². The minimum atomic E-state index is -0.886. The number of fused-ring (bicyclic) bond motifs is 5. The number of hydrogen-bond acceptors (Lipinski definition) is 3. The molecule has 4 fully saturated rings. The number of rotatable bonds is 0. The molecular weight excluding hydrogens is 328 g/mol. The molecule has 0 aromatic carbocycles. The van der Waals surface area contributed by atoms with Crippen molar-refractivity contribution in [3.63, 3.8) is 0 Å². The van der Waals surface area contributed by atoms with Gasteiger partial charge in [-0.25, -0.2) is 0 Å². The van der Waals surface area contributed by atoms with Gasteiger partial charge in [-0.1, -0.05) is 19.8 Å². The SMILES string of the molecule is C#C[C@]1(O)CC[C@H]2[C@@H]3CCC4C[C@H](O)CC[C@]4(C)[C@H]3CC[C@@]21C.CO.O. The van der Waals surface area contributed by atoms with Gasteiger partial charge in [0.05, 0.1) is 6.10 Å². The van der Waals surface area contributed by atoms with Gasteiger partial charge < -0.3 is 20.8 Å². The Morgan fingerprint density at radius 1 is 0.923 bits per heavy atom. The Kier molecular flexibility index (Phi) is 6.20. The Balaban J connectivity index is 0.000000784. The molecule has 4 rings (SSSR count). The van der Waals surface area contributed by atoms with Gasteiger partial charge in [0, 0.05) is 12.5 Å². The molecule has 4 aliphatic rings. The van der Waals surface area contributed by atoms with E-state index in [2.05, 4.69) is 19.8 Å². The van der Waals surface area contributed by atoms with Crippen molar-refractivity contribution in [2.24, 2.45) is 34.5 Å². The lowest BCUT2D eigenvalue weighted by atomic mass is 9.44. The highest BCUT2D eigenvalue weighted by atomic mass is 16.3. The first-order valence-corrected chi connectivity index (χ1v) is 10.2. The van der Waals surface area contributed by atoms with Crippen LogP contribution >= 0.6 is 0 Å². The average Bonchev–Trinajstić information content (AvgIpc) is 2.89. The molecule has 8 atom stereocenters. The minimum absolute atomic E-state index is 0. The summed E-state index contributed by atoms with van der Waals surface area (Å²) in [7, 11) is 1.00. The fourth-order valence-electron chi connectivity index (χ4n) is 7.49. The molecule has 4 aliphatic carbocycles. The summed E-state index contributed by atoms with van der Waals surface area (Å²) in [6, 6.07) is 0. The summed E-state index contributed by atoms with van der Waals surface area (Å²) < 4.78 is 0. The van der Waals surface area contributed by atoms with Crippen LogP contribution in [0.3, 0.4) is 0 Å². The highest BCUT2D eigenvalue weighted by molar-refractivity contribution is 5.23. The van der Waals surface area contributed by atoms with Crippen LogP contribution in [0.4, 0.5) is 0 Å². The van der Waals surface area contributed by atoms with Crippen molar-refractivity contribution in [1.29, 1.82) is 0 Å². The fourth-order valence-corrected chi connectivity index (χ4v) is 7.49. The maximum atomic E-state index is 11.0. The van der Waals surface area contributed by atoms with E-state index in [-0.39, 0.29) is 17.0 Å². The predicted molar refractivity (Wildman–Crippen MR) is 103 cm³/mol. The van der Waals surface area contributed by atoms with E-state index < -0.39 is 5.60 Å². The molecule has 0 saturated heterocycles. The van der Waals surface area contributed by atoms with Crippen LogP contribution in [-0.4, -0.2) is 39.6 Å². The van der Waals surface area contributed by atoms with E-state index in [1.807, 2.05) is 0 Å². The zero-order chi connectivity index (χ0) is 18.5. The first-order valence-electron chi connectivity index (χ1n) is 10.2. The Morgan fingerprint density at radius 2 is 1.58 bits per heavy atom. The van der Waals surface area contributed by atoms with E-state index in [0.717, 1.165) is 51.0 Å². The molecular formula is C22H38O4. The third-order valence-corrected chi connectivity index (χ3v) is 9.03. The van der Waals surface area contributed by atoms with Crippen molar-refractivity contribution >= 4 is 0 Å². The van der Waals surface area contributed by atoms with Crippen molar-refractivity contribution < 1.29 is 20.8 Å². The van der Waals surface area contributed by atoms with Gasteiger partial charge in [0.25, 0.3) is 0 Å². The first-order chi connectivity index (χ1) is 11.8. The summed E-state index contributed by atoms with van der Waals surface area (Å²) in [4.78, 5) is 0. The standard InChI is InChI=1S/C21H32O2.CH4O.H2O/c1-4-21(23)12-9-18-16-6-5-14-13-15(22)7-10-19(14,2)17(16)8-11-20(18,21)3;1-2;/h1,14-18,22-23H,5-13H2,2-3H3;2H,1H3;1H2/t14?,15-,16-,17+,18+,19+,20+,21+;;/m1../s1. The first kappa shape index (κ1) is 21.7. The normalized spacial score (nSPS) is 52.1. The Hall–Kier alpha value is -0.600. The van der Waals surface area contributed by atoms with E-state index in [9.17, 15) is 10.2 Å². The summed E-state index contributed by atoms with van der Waals surface area (Å²) in [5.74, 6) is 5.56. The van der Waals surface area contributed by atoms with E-state index >= 15 is 0 Å². The van der Waals surface area contributed by atoms with Crippen LogP contribution in [0.2, 0.25) is 0 Å². The lowest BCUT2D eigenvalue weighted by Crippen LogP contribution is -2.56. The lowest BCUT2D eigenvalue weighted by molar-refractivity contribution is -0.144. The fraction of sp³-hybridized carbons (Fsp3) is 0.909. The molecule has 1 unspecified atom stereocenters. The maximum Gasteiger partial charge on any atom is 0.130 e. The van der Waals surface area contributed by atoms with Crippen molar-refractivity contribution in [3.8, 4) is 12.3 Å². The molecule has 150 valence electrons. The largest absolute Gasteiger partial charge is 0.412 e. The molecule has 5 N–H and O–H groups in total. The van der Waals surface area contributed by atoms with Crippen LogP contribution < -0.4 is 0 Å². The molecule has 4 nitrogen and oxygen atoms in total. The monoisotopic (exact) mass is 366 g/mol. The molecule has 26 heavy (non-hydrogen) atoms. The highest BCUT2D eigenvalue weighted by Crippen LogP contribution is 2.68. The molecule has 0 aromatic rings. The van der Waals surface area contributed by atoms with Gasteiger partial charge in [0.15, 0.2) is 0 Å². The smallest absolute Gasteiger partial charge is 0.130 e. The van der Waals surface area contributed by atoms with Gasteiger partial charge in [-0.2, -0.15) is 0 Å². The van der Waals surface area contributed by atoms with Crippen molar-refractivity contribution in [2.45, 2.75) is 83.3 Å². The Morgan fingerprint density at radius 3 is 2.23 bits per heavy atom. The van der Waals surface area contributed by atoms with Crippen LogP contribution in [0.15, 0.2) is 0 Å². The van der Waals surface area contributed by atoms with Crippen LogP contribution in [0.25, 0.3) is 0 Å². The third kappa shape index (κ3) is 2.83. The van der Waals surface area contributed by atoms with Gasteiger partial charge in [-0.05, 0) is 86.9 Å². The number of terminal acetylenes is 1. The molecule has 4 saturated carbocycles. The molecule has 0 bridgehead atoms. The van der Waals surface area contributed by atoms with Crippen LogP contribution in [0, 0.1) is 46.8 Å². The van der Waals surface area contributed by atoms with Gasteiger partial charge >= 0.3 is 0 Å². The summed E-state index contributed by atoms with van der Waals surface area (Å²) in [6.07, 6.45) is 15.6. The Bertz CT molecular complexity index is 543. The summed E-state index contributed by atoms with van der Waals surface area (Å²) >= 11 is 0. The topological polar surface area (TPSA) is 92.2 Å². The molecule has 4 heteroatoms. The van der Waals surface area contributed by atoms with E-state index in [1.54, 1.807) is 0 Å². The van der Waals surface area contributed by atoms with Crippen LogP contribution in [0.1, 0.15) is 71.6 Å². The average molecular weight is 367 g/mol. The van der Waals surface area contributed by atoms with Crippen molar-refractivity contribution in [3.05, 3.63) is 0 Å². The number of aliphatic hydroxyl groups is 3. The number of aliphatic hydroxyl groups excluding tert-OH is 2. The summed E-state index contributed by atoms with van der Waals surface area (Å²) in [5, 5.41) is 28.1. The highest BCUT2D eigenvalue weighted by Gasteiger charge is 2.64. The molecule has 0 aromatic heterocycles. The van der Waals surface area contributed by atoms with Crippen molar-refractivity contribution in [1.82, 2.24) is 0 Å². The van der Waals surface area contributed by atoms with Gasteiger partial charge in [0.1, 0.15) is 5.60 Å². The van der Waals surface area contributed by atoms with Gasteiger partial charge in [-0.3, -0.25) is 0 Å². The molecule has 0 aliphatic heterocycles. The summed E-state index contributed by atoms with van der Waals surface area (Å²) in [5.41, 5.74) is -0.566. The zero-order valence-corrected chi connectivity index (χ0v) is 16.7. The Labute approximate surface area is 158 Å². The maximum absolute atomic E-state index is 11.0. The number of hydrogen-bond donors (Lipinski definition) is 3. The second-order valence-corrected chi connectivity index (χ2v) is 9.58. The predicted octanol–water partition coefficient (Wildman–Crippen LogP) is 2.54. The molecule has 0 radical (unpaired) electrons. The second-order valence-electron chi connectivity index (χ2n) is 9.58. The second kappa shape index (κ2) is 7.43. The lowest BCUT2D eigenvalue weighted by Gasteiger charge is -2.61. The van der Waals surface area contributed by atoms with E-state index in [4.69, 9.17) is 11.5 Å². The van der Waals surface area contributed by atoms with E-state index in [0.29, 0.717) is 17.3 Å². The minimum Gasteiger partial charge on any atom is -0.412 e. The molecule has 0 amide bonds.